The van der Waals surface area contributed by atoms with E-state index in [4.69, 9.17) is 15.2 Å². The largest absolute Gasteiger partial charge is 0.467 e. The minimum atomic E-state index is -1.73. The fraction of sp³-hybridized carbons (Fsp3) is 0.375. The van der Waals surface area contributed by atoms with Crippen LogP contribution < -0.4 is 21.1 Å². The monoisotopic (exact) mass is 604 g/mol. The summed E-state index contributed by atoms with van der Waals surface area (Å²) < 4.78 is 10.8. The summed E-state index contributed by atoms with van der Waals surface area (Å²) in [5.41, 5.74) is 7.59. The van der Waals surface area contributed by atoms with Gasteiger partial charge in [0.15, 0.2) is 12.6 Å². The Bertz CT molecular complexity index is 1560. The van der Waals surface area contributed by atoms with Crippen molar-refractivity contribution >= 4 is 18.0 Å². The van der Waals surface area contributed by atoms with E-state index in [9.17, 15) is 25.1 Å². The van der Waals surface area contributed by atoms with Gasteiger partial charge in [-0.3, -0.25) is 15.5 Å². The summed E-state index contributed by atoms with van der Waals surface area (Å²) in [4.78, 5) is 30.2. The topological polar surface area (TPSA) is 183 Å². The number of pyridine rings is 1. The van der Waals surface area contributed by atoms with Crippen molar-refractivity contribution in [3.05, 3.63) is 65.7 Å². The molecule has 3 rings (SSSR count). The molecule has 12 nitrogen and oxygen atoms in total. The quantitative estimate of drug-likeness (QED) is 0.180. The van der Waals surface area contributed by atoms with Gasteiger partial charge in [0, 0.05) is 35.7 Å². The van der Waals surface area contributed by atoms with Gasteiger partial charge in [0.25, 0.3) is 0 Å². The molecule has 234 valence electrons. The molecule has 1 aromatic heterocycles. The van der Waals surface area contributed by atoms with Crippen LogP contribution in [-0.2, 0) is 11.3 Å². The molecule has 0 aliphatic heterocycles. The summed E-state index contributed by atoms with van der Waals surface area (Å²) in [5, 5.41) is 35.8. The number of nitriles is 1. The van der Waals surface area contributed by atoms with Crippen molar-refractivity contribution in [2.24, 2.45) is 5.41 Å². The highest BCUT2D eigenvalue weighted by molar-refractivity contribution is 5.81. The highest BCUT2D eigenvalue weighted by Crippen LogP contribution is 2.38. The van der Waals surface area contributed by atoms with Crippen molar-refractivity contribution in [1.29, 1.82) is 5.26 Å². The average molecular weight is 605 g/mol. The summed E-state index contributed by atoms with van der Waals surface area (Å²) >= 11 is 0. The van der Waals surface area contributed by atoms with Gasteiger partial charge in [-0.2, -0.15) is 5.26 Å². The Hall–Kier alpha value is -4.86. The minimum absolute atomic E-state index is 0.0337. The lowest BCUT2D eigenvalue weighted by Crippen LogP contribution is -2.78. The van der Waals surface area contributed by atoms with Crippen LogP contribution in [0.3, 0.4) is 0 Å². The summed E-state index contributed by atoms with van der Waals surface area (Å²) in [6.07, 6.45) is -2.68. The number of benzene rings is 2. The number of anilines is 1. The number of amides is 2. The molecule has 1 heterocycles. The van der Waals surface area contributed by atoms with E-state index in [1.165, 1.54) is 7.11 Å². The standard InChI is InChI=1S/C32H40N6O6/c1-30(2,3)32(37-28(39)40,38(29(41)42)31(4,5)6)35-18-20-11-10-12-21(15-20)23-16-25(36-27(34)24(23)17-33)22-13-8-9-14-26(22)44-19-43-7/h8-16,35,37H,18-19H2,1-7H3,(H2,34,36)(H,39,40)(H,41,42). The van der Waals surface area contributed by atoms with Gasteiger partial charge < -0.3 is 25.4 Å². The smallest absolute Gasteiger partial charge is 0.410 e. The summed E-state index contributed by atoms with van der Waals surface area (Å²) in [5.74, 6) is -1.15. The van der Waals surface area contributed by atoms with Crippen LogP contribution in [0.15, 0.2) is 54.6 Å². The molecule has 0 spiro atoms. The van der Waals surface area contributed by atoms with E-state index in [2.05, 4.69) is 21.7 Å². The number of carbonyl (C=O) groups is 2. The van der Waals surface area contributed by atoms with Gasteiger partial charge in [-0.05, 0) is 56.2 Å². The Labute approximate surface area is 257 Å². The highest BCUT2D eigenvalue weighted by Gasteiger charge is 2.54. The van der Waals surface area contributed by atoms with Crippen LogP contribution in [0.1, 0.15) is 52.7 Å². The van der Waals surface area contributed by atoms with Crippen molar-refractivity contribution in [2.75, 3.05) is 19.6 Å². The molecular weight excluding hydrogens is 564 g/mol. The van der Waals surface area contributed by atoms with Crippen molar-refractivity contribution < 1.29 is 29.3 Å². The summed E-state index contributed by atoms with van der Waals surface area (Å²) in [6, 6.07) is 18.4. The van der Waals surface area contributed by atoms with E-state index in [1.807, 2.05) is 36.4 Å². The third-order valence-corrected chi connectivity index (χ3v) is 7.01. The normalized spacial score (nSPS) is 13.0. The Kier molecular flexibility index (Phi) is 10.1. The first-order valence-corrected chi connectivity index (χ1v) is 13.9. The number of para-hydroxylation sites is 1. The molecule has 2 amide bonds. The zero-order valence-corrected chi connectivity index (χ0v) is 26.1. The number of nitrogens with zero attached hydrogens (tertiary/aromatic N) is 3. The SMILES string of the molecule is COCOc1ccccc1-c1cc(-c2cccc(CNC(NC(=O)O)(N(C(=O)O)C(C)(C)C)C(C)(C)C)c2)c(C#N)c(N)n1. The van der Waals surface area contributed by atoms with E-state index >= 15 is 0 Å². The van der Waals surface area contributed by atoms with E-state index in [-0.39, 0.29) is 24.7 Å². The summed E-state index contributed by atoms with van der Waals surface area (Å²) in [7, 11) is 1.52. The first-order chi connectivity index (χ1) is 20.6. The second-order valence-corrected chi connectivity index (χ2v) is 12.2. The zero-order valence-electron chi connectivity index (χ0n) is 26.1. The molecule has 0 bridgehead atoms. The highest BCUT2D eigenvalue weighted by atomic mass is 16.7. The predicted octanol–water partition coefficient (Wildman–Crippen LogP) is 5.69. The van der Waals surface area contributed by atoms with Crippen LogP contribution in [0, 0.1) is 16.7 Å². The van der Waals surface area contributed by atoms with Gasteiger partial charge in [0.05, 0.1) is 5.69 Å². The maximum atomic E-state index is 12.6. The lowest BCUT2D eigenvalue weighted by atomic mass is 9.82. The predicted molar refractivity (Wildman–Crippen MR) is 167 cm³/mol. The van der Waals surface area contributed by atoms with Gasteiger partial charge in [-0.25, -0.2) is 14.6 Å². The molecule has 6 N–H and O–H groups in total. The van der Waals surface area contributed by atoms with Crippen LogP contribution in [0.4, 0.5) is 15.4 Å². The molecule has 1 atom stereocenters. The molecule has 0 saturated carbocycles. The van der Waals surface area contributed by atoms with Crippen molar-refractivity contribution in [3.63, 3.8) is 0 Å². The van der Waals surface area contributed by atoms with Gasteiger partial charge in [0.1, 0.15) is 23.2 Å². The molecule has 12 heteroatoms. The number of nitrogens with two attached hydrogens (primary N) is 1. The van der Waals surface area contributed by atoms with Gasteiger partial charge >= 0.3 is 12.2 Å². The third kappa shape index (κ3) is 7.19. The number of hydrogen-bond donors (Lipinski definition) is 5. The molecule has 2 aromatic carbocycles. The van der Waals surface area contributed by atoms with E-state index in [0.717, 1.165) is 4.90 Å². The van der Waals surface area contributed by atoms with Crippen molar-refractivity contribution in [3.8, 4) is 34.2 Å². The first-order valence-electron chi connectivity index (χ1n) is 13.9. The van der Waals surface area contributed by atoms with Gasteiger partial charge in [-0.1, -0.05) is 51.1 Å². The molecular formula is C32H40N6O6. The van der Waals surface area contributed by atoms with Crippen LogP contribution in [-0.4, -0.2) is 57.5 Å². The fourth-order valence-electron chi connectivity index (χ4n) is 5.11. The lowest BCUT2D eigenvalue weighted by Gasteiger charge is -2.55. The molecule has 0 saturated heterocycles. The minimum Gasteiger partial charge on any atom is -0.467 e. The second-order valence-electron chi connectivity index (χ2n) is 12.2. The molecule has 44 heavy (non-hydrogen) atoms. The van der Waals surface area contributed by atoms with Crippen molar-refractivity contribution in [2.45, 2.75) is 59.4 Å². The zero-order chi connectivity index (χ0) is 32.9. The molecule has 0 aliphatic rings. The maximum Gasteiger partial charge on any atom is 0.410 e. The Balaban J connectivity index is 2.12. The fourth-order valence-corrected chi connectivity index (χ4v) is 5.11. The number of ether oxygens (including phenoxy) is 2. The molecule has 0 fully saturated rings. The molecule has 0 aliphatic carbocycles. The van der Waals surface area contributed by atoms with Crippen LogP contribution in [0.2, 0.25) is 0 Å². The Morgan fingerprint density at radius 1 is 1.02 bits per heavy atom. The number of nitrogens with one attached hydrogen (secondary N) is 2. The number of nitrogen functional groups attached to an aromatic ring is 1. The van der Waals surface area contributed by atoms with E-state index in [0.29, 0.717) is 33.7 Å². The Morgan fingerprint density at radius 2 is 1.70 bits per heavy atom. The summed E-state index contributed by atoms with van der Waals surface area (Å²) in [6.45, 7) is 10.5. The van der Waals surface area contributed by atoms with Crippen molar-refractivity contribution in [1.82, 2.24) is 20.5 Å². The van der Waals surface area contributed by atoms with E-state index in [1.54, 1.807) is 59.7 Å². The number of hydrogen-bond acceptors (Lipinski definition) is 8. The average Bonchev–Trinajstić information content (AvgIpc) is 2.92. The molecule has 3 aromatic rings. The lowest BCUT2D eigenvalue weighted by molar-refractivity contribution is -0.0858. The third-order valence-electron chi connectivity index (χ3n) is 7.01. The van der Waals surface area contributed by atoms with Crippen LogP contribution in [0.25, 0.3) is 22.4 Å². The first kappa shape index (κ1) is 33.6. The number of rotatable bonds is 10. The van der Waals surface area contributed by atoms with Gasteiger partial charge in [0.2, 0.25) is 0 Å². The molecule has 0 radical (unpaired) electrons. The Morgan fingerprint density at radius 3 is 2.27 bits per heavy atom. The van der Waals surface area contributed by atoms with Gasteiger partial charge in [-0.15, -0.1) is 0 Å². The second kappa shape index (κ2) is 13.2. The van der Waals surface area contributed by atoms with Crippen LogP contribution in [0.5, 0.6) is 5.75 Å². The van der Waals surface area contributed by atoms with Crippen LogP contribution >= 0.6 is 0 Å². The molecule has 1 unspecified atom stereocenters. The maximum absolute atomic E-state index is 12.6. The van der Waals surface area contributed by atoms with E-state index < -0.39 is 28.9 Å². The number of aromatic nitrogens is 1. The number of methoxy groups -OCH3 is 1. The number of carboxylic acid groups (broad SMARTS) is 2.